The highest BCUT2D eigenvalue weighted by Crippen LogP contribution is 2.37. The molecule has 1 unspecified atom stereocenters. The zero-order chi connectivity index (χ0) is 16.2. The van der Waals surface area contributed by atoms with Crippen molar-refractivity contribution in [3.8, 4) is 0 Å². The molecule has 0 aliphatic rings. The Bertz CT molecular complexity index is 319. The van der Waals surface area contributed by atoms with E-state index in [1.54, 1.807) is 0 Å². The van der Waals surface area contributed by atoms with Crippen LogP contribution in [0.2, 0.25) is 0 Å². The van der Waals surface area contributed by atoms with Gasteiger partial charge in [-0.15, -0.1) is 0 Å². The Labute approximate surface area is 126 Å². The summed E-state index contributed by atoms with van der Waals surface area (Å²) < 4.78 is 0. The summed E-state index contributed by atoms with van der Waals surface area (Å²) in [4.78, 5) is 0. The second-order valence-corrected chi connectivity index (χ2v) is 9.49. The van der Waals surface area contributed by atoms with Crippen LogP contribution in [-0.4, -0.2) is 17.3 Å². The molecule has 120 valence electrons. The third-order valence-electron chi connectivity index (χ3n) is 3.47. The van der Waals surface area contributed by atoms with E-state index in [9.17, 15) is 5.11 Å². The third kappa shape index (κ3) is 9.55. The van der Waals surface area contributed by atoms with E-state index in [2.05, 4.69) is 60.6 Å². The van der Waals surface area contributed by atoms with Crippen molar-refractivity contribution < 1.29 is 5.11 Å². The molecule has 0 aromatic heterocycles. The molecular weight excluding hydrogens is 246 g/mol. The summed E-state index contributed by atoms with van der Waals surface area (Å²) in [5, 5.41) is 9.29. The van der Waals surface area contributed by atoms with E-state index >= 15 is 0 Å². The molecule has 20 heavy (non-hydrogen) atoms. The Morgan fingerprint density at radius 1 is 0.900 bits per heavy atom. The highest BCUT2D eigenvalue weighted by atomic mass is 16.3. The first-order valence-electron chi connectivity index (χ1n) is 7.76. The summed E-state index contributed by atoms with van der Waals surface area (Å²) in [7, 11) is 0. The lowest BCUT2D eigenvalue weighted by Crippen LogP contribution is -2.43. The largest absolute Gasteiger partial charge is 0.394 e. The fourth-order valence-corrected chi connectivity index (χ4v) is 3.36. The predicted molar refractivity (Wildman–Crippen MR) is 89.7 cm³/mol. The molecule has 0 aliphatic heterocycles. The molecule has 0 heterocycles. The maximum atomic E-state index is 9.29. The molecule has 0 rings (SSSR count). The van der Waals surface area contributed by atoms with Crippen LogP contribution in [0, 0.1) is 16.2 Å². The van der Waals surface area contributed by atoms with Crippen LogP contribution >= 0.6 is 0 Å². The van der Waals surface area contributed by atoms with E-state index in [1.165, 1.54) is 6.42 Å². The quantitative estimate of drug-likeness (QED) is 0.675. The van der Waals surface area contributed by atoms with E-state index < -0.39 is 5.54 Å². The molecule has 2 nitrogen and oxygen atoms in total. The summed E-state index contributed by atoms with van der Waals surface area (Å²) in [5.74, 6) is 0. The number of hydrogen-bond acceptors (Lipinski definition) is 2. The molecule has 0 radical (unpaired) electrons. The highest BCUT2D eigenvalue weighted by molar-refractivity contribution is 5.01. The first kappa shape index (κ1) is 19.7. The molecule has 0 spiro atoms. The number of aliphatic hydroxyl groups excluding tert-OH is 1. The van der Waals surface area contributed by atoms with Crippen molar-refractivity contribution in [2.24, 2.45) is 22.0 Å². The van der Waals surface area contributed by atoms with Crippen LogP contribution in [0.25, 0.3) is 0 Å². The Morgan fingerprint density at radius 2 is 1.40 bits per heavy atom. The summed E-state index contributed by atoms with van der Waals surface area (Å²) in [6.45, 7) is 17.8. The maximum absolute atomic E-state index is 9.29. The van der Waals surface area contributed by atoms with Crippen molar-refractivity contribution in [2.75, 3.05) is 6.61 Å². The van der Waals surface area contributed by atoms with Gasteiger partial charge in [-0.05, 0) is 42.4 Å². The molecule has 0 amide bonds. The van der Waals surface area contributed by atoms with Crippen molar-refractivity contribution in [1.82, 2.24) is 0 Å². The van der Waals surface area contributed by atoms with Gasteiger partial charge in [-0.2, -0.15) is 0 Å². The standard InChI is InChI=1S/C18H37NO/c1-15(2,3)12-16(4,5)10-9-11-17(6,7)13-18(8,19)14-20/h9,11,20H,10,12-14,19H2,1-8H3/b11-9+. The number of rotatable bonds is 7. The second-order valence-electron chi connectivity index (χ2n) is 9.49. The van der Waals surface area contributed by atoms with Crippen molar-refractivity contribution in [3.05, 3.63) is 12.2 Å². The number of hydrogen-bond donors (Lipinski definition) is 2. The van der Waals surface area contributed by atoms with Crippen LogP contribution in [0.3, 0.4) is 0 Å². The average Bonchev–Trinajstić information content (AvgIpc) is 2.10. The zero-order valence-electron chi connectivity index (χ0n) is 15.0. The van der Waals surface area contributed by atoms with Crippen LogP contribution in [0.1, 0.15) is 74.7 Å². The Balaban J connectivity index is 4.56. The highest BCUT2D eigenvalue weighted by Gasteiger charge is 2.28. The molecule has 2 heteroatoms. The maximum Gasteiger partial charge on any atom is 0.0608 e. The smallest absolute Gasteiger partial charge is 0.0608 e. The molecule has 0 fully saturated rings. The van der Waals surface area contributed by atoms with Gasteiger partial charge < -0.3 is 10.8 Å². The summed E-state index contributed by atoms with van der Waals surface area (Å²) in [6, 6.07) is 0. The topological polar surface area (TPSA) is 46.2 Å². The van der Waals surface area contributed by atoms with Gasteiger partial charge in [0, 0.05) is 5.54 Å². The Kier molecular flexibility index (Phi) is 6.50. The van der Waals surface area contributed by atoms with Gasteiger partial charge in [-0.3, -0.25) is 0 Å². The first-order chi connectivity index (χ1) is 8.68. The van der Waals surface area contributed by atoms with Gasteiger partial charge in [0.15, 0.2) is 0 Å². The van der Waals surface area contributed by atoms with E-state index in [1.807, 2.05) is 6.92 Å². The summed E-state index contributed by atoms with van der Waals surface area (Å²) >= 11 is 0. The molecular formula is C18H37NO. The van der Waals surface area contributed by atoms with E-state index in [4.69, 9.17) is 5.73 Å². The van der Waals surface area contributed by atoms with Crippen molar-refractivity contribution >= 4 is 0 Å². The van der Waals surface area contributed by atoms with Crippen molar-refractivity contribution in [2.45, 2.75) is 80.2 Å². The Morgan fingerprint density at radius 3 is 1.80 bits per heavy atom. The van der Waals surface area contributed by atoms with E-state index in [0.29, 0.717) is 10.8 Å². The lowest BCUT2D eigenvalue weighted by Gasteiger charge is -2.33. The van der Waals surface area contributed by atoms with Crippen LogP contribution < -0.4 is 5.73 Å². The molecule has 0 saturated heterocycles. The number of nitrogens with two attached hydrogens (primary N) is 1. The molecule has 0 aromatic rings. The van der Waals surface area contributed by atoms with Crippen molar-refractivity contribution in [1.29, 1.82) is 0 Å². The molecule has 3 N–H and O–H groups in total. The van der Waals surface area contributed by atoms with Gasteiger partial charge in [0.05, 0.1) is 6.61 Å². The zero-order valence-corrected chi connectivity index (χ0v) is 15.0. The van der Waals surface area contributed by atoms with Crippen LogP contribution in [0.5, 0.6) is 0 Å². The fraction of sp³-hybridized carbons (Fsp3) is 0.889. The molecule has 0 aliphatic carbocycles. The summed E-state index contributed by atoms with van der Waals surface area (Å²) in [6.07, 6.45) is 7.62. The van der Waals surface area contributed by atoms with E-state index in [0.717, 1.165) is 12.8 Å². The van der Waals surface area contributed by atoms with E-state index in [-0.39, 0.29) is 12.0 Å². The minimum Gasteiger partial charge on any atom is -0.394 e. The first-order valence-corrected chi connectivity index (χ1v) is 7.76. The predicted octanol–water partition coefficient (Wildman–Crippen LogP) is 4.52. The fourth-order valence-electron chi connectivity index (χ4n) is 3.36. The van der Waals surface area contributed by atoms with Crippen LogP contribution in [-0.2, 0) is 0 Å². The van der Waals surface area contributed by atoms with Gasteiger partial charge in [0.1, 0.15) is 0 Å². The molecule has 0 bridgehead atoms. The van der Waals surface area contributed by atoms with Crippen LogP contribution in [0.15, 0.2) is 12.2 Å². The molecule has 1 atom stereocenters. The van der Waals surface area contributed by atoms with Gasteiger partial charge >= 0.3 is 0 Å². The minimum atomic E-state index is -0.505. The molecule has 0 saturated carbocycles. The molecule has 0 aromatic carbocycles. The minimum absolute atomic E-state index is 0.0179. The number of aliphatic hydroxyl groups is 1. The summed E-state index contributed by atoms with van der Waals surface area (Å²) in [5.41, 5.74) is 6.25. The average molecular weight is 284 g/mol. The lowest BCUT2D eigenvalue weighted by atomic mass is 9.73. The van der Waals surface area contributed by atoms with Gasteiger partial charge in [0.25, 0.3) is 0 Å². The normalized spacial score (nSPS) is 17.5. The van der Waals surface area contributed by atoms with Crippen molar-refractivity contribution in [3.63, 3.8) is 0 Å². The lowest BCUT2D eigenvalue weighted by molar-refractivity contribution is 0.170. The third-order valence-corrected chi connectivity index (χ3v) is 3.47. The van der Waals surface area contributed by atoms with Gasteiger partial charge in [-0.1, -0.05) is 60.6 Å². The SMILES string of the molecule is CC(C)(C)CC(C)(C)C/C=C/C(C)(C)CC(C)(N)CO. The van der Waals surface area contributed by atoms with Gasteiger partial charge in [-0.25, -0.2) is 0 Å². The van der Waals surface area contributed by atoms with Gasteiger partial charge in [0.2, 0.25) is 0 Å². The Hall–Kier alpha value is -0.340. The number of allylic oxidation sites excluding steroid dienone is 2. The monoisotopic (exact) mass is 283 g/mol. The van der Waals surface area contributed by atoms with Crippen LogP contribution in [0.4, 0.5) is 0 Å². The second kappa shape index (κ2) is 6.62.